The van der Waals surface area contributed by atoms with E-state index in [1.165, 1.54) is 18.2 Å². The molecule has 0 bridgehead atoms. The van der Waals surface area contributed by atoms with Gasteiger partial charge in [-0.05, 0) is 30.7 Å². The van der Waals surface area contributed by atoms with Crippen molar-refractivity contribution in [3.8, 4) is 5.75 Å². The SMILES string of the molecule is O=C(O)c1cccc(F)c1NCCCOc1ccccc1. The molecule has 2 N–H and O–H groups in total. The van der Waals surface area contributed by atoms with Crippen LogP contribution in [0.4, 0.5) is 10.1 Å². The molecule has 0 heterocycles. The molecule has 0 atom stereocenters. The Kier molecular flexibility index (Phi) is 5.15. The van der Waals surface area contributed by atoms with Crippen LogP contribution in [0.2, 0.25) is 0 Å². The summed E-state index contributed by atoms with van der Waals surface area (Å²) in [4.78, 5) is 11.0. The monoisotopic (exact) mass is 289 g/mol. The molecule has 21 heavy (non-hydrogen) atoms. The van der Waals surface area contributed by atoms with Crippen molar-refractivity contribution in [3.05, 3.63) is 59.9 Å². The Bertz CT molecular complexity index is 602. The predicted molar refractivity (Wildman–Crippen MR) is 78.4 cm³/mol. The highest BCUT2D eigenvalue weighted by Crippen LogP contribution is 2.19. The molecule has 110 valence electrons. The van der Waals surface area contributed by atoms with E-state index in [-0.39, 0.29) is 11.3 Å². The molecular formula is C16H16FNO3. The van der Waals surface area contributed by atoms with Gasteiger partial charge in [-0.3, -0.25) is 0 Å². The number of carboxylic acids is 1. The van der Waals surface area contributed by atoms with Crippen LogP contribution >= 0.6 is 0 Å². The summed E-state index contributed by atoms with van der Waals surface area (Å²) in [6.07, 6.45) is 0.627. The number of carbonyl (C=O) groups is 1. The van der Waals surface area contributed by atoms with E-state index in [2.05, 4.69) is 5.32 Å². The van der Waals surface area contributed by atoms with Crippen LogP contribution in [0.5, 0.6) is 5.75 Å². The molecular weight excluding hydrogens is 273 g/mol. The molecule has 2 aromatic rings. The van der Waals surface area contributed by atoms with Crippen molar-refractivity contribution in [3.63, 3.8) is 0 Å². The fraction of sp³-hybridized carbons (Fsp3) is 0.188. The maximum atomic E-state index is 13.6. The van der Waals surface area contributed by atoms with Gasteiger partial charge in [-0.25, -0.2) is 9.18 Å². The van der Waals surface area contributed by atoms with Gasteiger partial charge < -0.3 is 15.2 Å². The molecule has 2 aromatic carbocycles. The van der Waals surface area contributed by atoms with Crippen LogP contribution in [-0.4, -0.2) is 24.2 Å². The lowest BCUT2D eigenvalue weighted by Crippen LogP contribution is -2.12. The average molecular weight is 289 g/mol. The largest absolute Gasteiger partial charge is 0.494 e. The second kappa shape index (κ2) is 7.28. The van der Waals surface area contributed by atoms with Crippen LogP contribution in [0.3, 0.4) is 0 Å². The van der Waals surface area contributed by atoms with Crippen molar-refractivity contribution < 1.29 is 19.0 Å². The third kappa shape index (κ3) is 4.21. The van der Waals surface area contributed by atoms with Gasteiger partial charge in [-0.15, -0.1) is 0 Å². The molecule has 0 unspecified atom stereocenters. The Morgan fingerprint density at radius 1 is 1.14 bits per heavy atom. The molecule has 0 fully saturated rings. The van der Waals surface area contributed by atoms with Crippen molar-refractivity contribution in [2.45, 2.75) is 6.42 Å². The van der Waals surface area contributed by atoms with Crippen LogP contribution in [0.25, 0.3) is 0 Å². The van der Waals surface area contributed by atoms with E-state index >= 15 is 0 Å². The highest BCUT2D eigenvalue weighted by molar-refractivity contribution is 5.94. The molecule has 0 spiro atoms. The molecule has 0 amide bonds. The van der Waals surface area contributed by atoms with E-state index in [0.717, 1.165) is 5.75 Å². The van der Waals surface area contributed by atoms with Crippen molar-refractivity contribution in [2.75, 3.05) is 18.5 Å². The van der Waals surface area contributed by atoms with Gasteiger partial charge in [0, 0.05) is 6.54 Å². The number of aromatic carboxylic acids is 1. The summed E-state index contributed by atoms with van der Waals surface area (Å²) in [7, 11) is 0. The van der Waals surface area contributed by atoms with Gasteiger partial charge in [-0.2, -0.15) is 0 Å². The number of halogens is 1. The van der Waals surface area contributed by atoms with Crippen molar-refractivity contribution >= 4 is 11.7 Å². The summed E-state index contributed by atoms with van der Waals surface area (Å²) in [5.74, 6) is -0.953. The molecule has 0 radical (unpaired) electrons. The maximum absolute atomic E-state index is 13.6. The minimum Gasteiger partial charge on any atom is -0.494 e. The smallest absolute Gasteiger partial charge is 0.337 e. The van der Waals surface area contributed by atoms with Crippen molar-refractivity contribution in [1.82, 2.24) is 0 Å². The number of para-hydroxylation sites is 2. The van der Waals surface area contributed by atoms with Gasteiger partial charge in [0.25, 0.3) is 0 Å². The molecule has 0 aliphatic rings. The Labute approximate surface area is 122 Å². The van der Waals surface area contributed by atoms with E-state index < -0.39 is 11.8 Å². The molecule has 5 heteroatoms. The van der Waals surface area contributed by atoms with Gasteiger partial charge in [0.2, 0.25) is 0 Å². The van der Waals surface area contributed by atoms with Crippen LogP contribution in [0.15, 0.2) is 48.5 Å². The van der Waals surface area contributed by atoms with E-state index in [1.807, 2.05) is 30.3 Å². The van der Waals surface area contributed by atoms with Crippen molar-refractivity contribution in [1.29, 1.82) is 0 Å². The van der Waals surface area contributed by atoms with Gasteiger partial charge >= 0.3 is 5.97 Å². The van der Waals surface area contributed by atoms with E-state index in [1.54, 1.807) is 0 Å². The summed E-state index contributed by atoms with van der Waals surface area (Å²) >= 11 is 0. The molecule has 2 rings (SSSR count). The number of anilines is 1. The Morgan fingerprint density at radius 3 is 2.62 bits per heavy atom. The number of ether oxygens (including phenoxy) is 1. The first kappa shape index (κ1) is 14.8. The fourth-order valence-electron chi connectivity index (χ4n) is 1.87. The lowest BCUT2D eigenvalue weighted by atomic mass is 10.1. The van der Waals surface area contributed by atoms with Crippen LogP contribution in [0.1, 0.15) is 16.8 Å². The number of hydrogen-bond acceptors (Lipinski definition) is 3. The lowest BCUT2D eigenvalue weighted by Gasteiger charge is -2.11. The first-order valence-electron chi connectivity index (χ1n) is 6.62. The zero-order valence-corrected chi connectivity index (χ0v) is 11.4. The second-order valence-corrected chi connectivity index (χ2v) is 4.41. The third-order valence-corrected chi connectivity index (χ3v) is 2.88. The summed E-state index contributed by atoms with van der Waals surface area (Å²) in [5, 5.41) is 11.8. The molecule has 0 saturated heterocycles. The van der Waals surface area contributed by atoms with Gasteiger partial charge in [0.1, 0.15) is 11.6 Å². The standard InChI is InChI=1S/C16H16FNO3/c17-14-9-4-8-13(16(19)20)15(14)18-10-5-11-21-12-6-2-1-3-7-12/h1-4,6-9,18H,5,10-11H2,(H,19,20). The summed E-state index contributed by atoms with van der Waals surface area (Å²) in [6.45, 7) is 0.891. The normalized spacial score (nSPS) is 10.1. The number of nitrogens with one attached hydrogen (secondary N) is 1. The molecule has 4 nitrogen and oxygen atoms in total. The summed E-state index contributed by atoms with van der Waals surface area (Å²) < 4.78 is 19.1. The Morgan fingerprint density at radius 2 is 1.90 bits per heavy atom. The second-order valence-electron chi connectivity index (χ2n) is 4.41. The van der Waals surface area contributed by atoms with Crippen molar-refractivity contribution in [2.24, 2.45) is 0 Å². The lowest BCUT2D eigenvalue weighted by molar-refractivity contribution is 0.0697. The number of carboxylic acid groups (broad SMARTS) is 1. The third-order valence-electron chi connectivity index (χ3n) is 2.88. The summed E-state index contributed by atoms with van der Waals surface area (Å²) in [6, 6.07) is 13.4. The topological polar surface area (TPSA) is 58.6 Å². The molecule has 0 aliphatic heterocycles. The minimum absolute atomic E-state index is 0.0183. The summed E-state index contributed by atoms with van der Waals surface area (Å²) in [5.41, 5.74) is -0.0521. The van der Waals surface area contributed by atoms with Crippen LogP contribution in [-0.2, 0) is 0 Å². The Hall–Kier alpha value is -2.56. The fourth-order valence-corrected chi connectivity index (χ4v) is 1.87. The first-order valence-corrected chi connectivity index (χ1v) is 6.62. The maximum Gasteiger partial charge on any atom is 0.337 e. The van der Waals surface area contributed by atoms with E-state index in [4.69, 9.17) is 9.84 Å². The van der Waals surface area contributed by atoms with Gasteiger partial charge in [0.05, 0.1) is 17.9 Å². The van der Waals surface area contributed by atoms with Crippen LogP contribution < -0.4 is 10.1 Å². The number of hydrogen-bond donors (Lipinski definition) is 2. The highest BCUT2D eigenvalue weighted by atomic mass is 19.1. The van der Waals surface area contributed by atoms with Crippen LogP contribution in [0, 0.1) is 5.82 Å². The first-order chi connectivity index (χ1) is 10.2. The van der Waals surface area contributed by atoms with E-state index in [0.29, 0.717) is 19.6 Å². The number of rotatable bonds is 7. The zero-order chi connectivity index (χ0) is 15.1. The average Bonchev–Trinajstić information content (AvgIpc) is 2.49. The quantitative estimate of drug-likeness (QED) is 0.767. The minimum atomic E-state index is -1.16. The number of benzene rings is 2. The highest BCUT2D eigenvalue weighted by Gasteiger charge is 2.13. The van der Waals surface area contributed by atoms with Gasteiger partial charge in [0.15, 0.2) is 0 Å². The molecule has 0 aromatic heterocycles. The zero-order valence-electron chi connectivity index (χ0n) is 11.4. The molecule has 0 aliphatic carbocycles. The predicted octanol–water partition coefficient (Wildman–Crippen LogP) is 3.40. The van der Waals surface area contributed by atoms with Gasteiger partial charge in [-0.1, -0.05) is 24.3 Å². The van der Waals surface area contributed by atoms with E-state index in [9.17, 15) is 9.18 Å². The molecule has 0 saturated carbocycles. The Balaban J connectivity index is 1.83.